The van der Waals surface area contributed by atoms with Crippen molar-refractivity contribution in [2.75, 3.05) is 0 Å². The molecule has 0 spiro atoms. The molecule has 0 aromatic heterocycles. The maximum Gasteiger partial charge on any atom is 0.417 e. The van der Waals surface area contributed by atoms with Gasteiger partial charge in [-0.15, -0.1) is 0 Å². The highest BCUT2D eigenvalue weighted by atomic mass is 19.1. The van der Waals surface area contributed by atoms with Crippen LogP contribution in [-0.4, -0.2) is 12.6 Å². The average Bonchev–Trinajstić information content (AvgIpc) is 2.09. The molecule has 0 aliphatic carbocycles. The quantitative estimate of drug-likeness (QED) is 0.708. The highest BCUT2D eigenvalue weighted by molar-refractivity contribution is 5.38. The van der Waals surface area contributed by atoms with Crippen molar-refractivity contribution in [3.05, 3.63) is 35.6 Å². The van der Waals surface area contributed by atoms with Crippen LogP contribution >= 0.6 is 0 Å². The van der Waals surface area contributed by atoms with Gasteiger partial charge in [-0.05, 0) is 18.6 Å². The monoisotopic (exact) mass is 181 g/mol. The third-order valence-corrected chi connectivity index (χ3v) is 1.71. The first-order chi connectivity index (χ1) is 6.24. The number of rotatable bonds is 4. The summed E-state index contributed by atoms with van der Waals surface area (Å²) in [7, 11) is 0. The maximum absolute atomic E-state index is 13.0. The molecule has 0 aliphatic heterocycles. The zero-order valence-corrected chi connectivity index (χ0v) is 7.29. The highest BCUT2D eigenvalue weighted by Crippen LogP contribution is 2.09. The Hall–Kier alpha value is -1.38. The van der Waals surface area contributed by atoms with Crippen LogP contribution in [0.1, 0.15) is 12.5 Å². The Morgan fingerprint density at radius 1 is 1.54 bits per heavy atom. The summed E-state index contributed by atoms with van der Waals surface area (Å²) < 4.78 is 17.6. The molecule has 2 nitrogen and oxygen atoms in total. The molecular formula is C10H10FO2. The minimum atomic E-state index is -0.339. The molecule has 0 aliphatic rings. The van der Waals surface area contributed by atoms with E-state index >= 15 is 0 Å². The lowest BCUT2D eigenvalue weighted by atomic mass is 10.1. The largest absolute Gasteiger partial charge is 0.454 e. The van der Waals surface area contributed by atoms with Crippen LogP contribution in [-0.2, 0) is 16.0 Å². The van der Waals surface area contributed by atoms with Crippen molar-refractivity contribution < 1.29 is 13.9 Å². The van der Waals surface area contributed by atoms with Gasteiger partial charge in [-0.25, -0.2) is 9.18 Å². The summed E-state index contributed by atoms with van der Waals surface area (Å²) in [6.07, 6.45) is 0.0384. The fourth-order valence-electron chi connectivity index (χ4n) is 1.10. The van der Waals surface area contributed by atoms with Gasteiger partial charge in [0.2, 0.25) is 0 Å². The fraction of sp³-hybridized carbons (Fsp3) is 0.300. The van der Waals surface area contributed by atoms with Crippen LogP contribution in [0.4, 0.5) is 4.39 Å². The van der Waals surface area contributed by atoms with E-state index in [1.54, 1.807) is 25.1 Å². The molecule has 1 aromatic carbocycles. The normalized spacial score (nSPS) is 12.2. The lowest BCUT2D eigenvalue weighted by molar-refractivity contribution is 0.193. The van der Waals surface area contributed by atoms with Crippen molar-refractivity contribution in [2.45, 2.75) is 19.4 Å². The molecule has 1 aromatic rings. The number of carbonyl (C=O) groups excluding carboxylic acids is 1. The zero-order valence-electron chi connectivity index (χ0n) is 7.29. The van der Waals surface area contributed by atoms with E-state index < -0.39 is 0 Å². The van der Waals surface area contributed by atoms with Gasteiger partial charge in [0.05, 0.1) is 0 Å². The molecule has 0 saturated heterocycles. The molecule has 0 fully saturated rings. The standard InChI is InChI=1S/C10H10FO2/c1-8(13-7-12)6-9-4-2-3-5-10(9)11/h2-5,8H,6H2,1H3. The van der Waals surface area contributed by atoms with E-state index in [0.29, 0.717) is 12.0 Å². The summed E-state index contributed by atoms with van der Waals surface area (Å²) in [6, 6.07) is 6.42. The van der Waals surface area contributed by atoms with Gasteiger partial charge in [-0.2, -0.15) is 0 Å². The molecular weight excluding hydrogens is 171 g/mol. The second-order valence-electron chi connectivity index (χ2n) is 2.81. The fourth-order valence-corrected chi connectivity index (χ4v) is 1.10. The Balaban J connectivity index is 2.63. The molecule has 69 valence electrons. The molecule has 1 radical (unpaired) electrons. The molecule has 0 bridgehead atoms. The predicted octanol–water partition coefficient (Wildman–Crippen LogP) is 1.84. The van der Waals surface area contributed by atoms with Gasteiger partial charge in [-0.1, -0.05) is 18.2 Å². The summed E-state index contributed by atoms with van der Waals surface area (Å²) in [6.45, 7) is 3.03. The van der Waals surface area contributed by atoms with Gasteiger partial charge in [0.25, 0.3) is 0 Å². The van der Waals surface area contributed by atoms with Gasteiger partial charge in [0.1, 0.15) is 11.9 Å². The smallest absolute Gasteiger partial charge is 0.417 e. The summed E-state index contributed by atoms with van der Waals surface area (Å²) in [5.41, 5.74) is 0.547. The van der Waals surface area contributed by atoms with Crippen LogP contribution in [0.3, 0.4) is 0 Å². The van der Waals surface area contributed by atoms with Crippen molar-refractivity contribution in [2.24, 2.45) is 0 Å². The van der Waals surface area contributed by atoms with E-state index in [9.17, 15) is 9.18 Å². The van der Waals surface area contributed by atoms with E-state index in [1.807, 2.05) is 0 Å². The minimum absolute atomic E-state index is 0.274. The van der Waals surface area contributed by atoms with Crippen LogP contribution in [0.25, 0.3) is 0 Å². The van der Waals surface area contributed by atoms with Crippen molar-refractivity contribution in [3.63, 3.8) is 0 Å². The van der Waals surface area contributed by atoms with Crippen molar-refractivity contribution in [1.82, 2.24) is 0 Å². The van der Waals surface area contributed by atoms with Crippen LogP contribution < -0.4 is 0 Å². The van der Waals surface area contributed by atoms with E-state index in [0.717, 1.165) is 0 Å². The van der Waals surface area contributed by atoms with Crippen LogP contribution in [0.5, 0.6) is 0 Å². The lowest BCUT2D eigenvalue weighted by Crippen LogP contribution is -2.11. The molecule has 0 saturated carbocycles. The van der Waals surface area contributed by atoms with E-state index in [1.165, 1.54) is 12.5 Å². The van der Waals surface area contributed by atoms with Crippen molar-refractivity contribution in [3.8, 4) is 0 Å². The van der Waals surface area contributed by atoms with Crippen molar-refractivity contribution >= 4 is 6.47 Å². The average molecular weight is 181 g/mol. The van der Waals surface area contributed by atoms with Gasteiger partial charge < -0.3 is 4.74 Å². The summed E-state index contributed by atoms with van der Waals surface area (Å²) in [4.78, 5) is 9.85. The van der Waals surface area contributed by atoms with Gasteiger partial charge >= 0.3 is 6.47 Å². The predicted molar refractivity (Wildman–Crippen MR) is 46.3 cm³/mol. The second kappa shape index (κ2) is 4.60. The lowest BCUT2D eigenvalue weighted by Gasteiger charge is -2.08. The van der Waals surface area contributed by atoms with E-state index in [-0.39, 0.29) is 11.9 Å². The third-order valence-electron chi connectivity index (χ3n) is 1.71. The summed E-state index contributed by atoms with van der Waals surface area (Å²) >= 11 is 0. The number of ether oxygens (including phenoxy) is 1. The third kappa shape index (κ3) is 2.86. The molecule has 0 heterocycles. The van der Waals surface area contributed by atoms with Gasteiger partial charge in [-0.3, -0.25) is 0 Å². The van der Waals surface area contributed by atoms with Crippen LogP contribution in [0.15, 0.2) is 24.3 Å². The number of benzene rings is 1. The number of hydrogen-bond donors (Lipinski definition) is 0. The van der Waals surface area contributed by atoms with Crippen LogP contribution in [0, 0.1) is 5.82 Å². The zero-order chi connectivity index (χ0) is 9.68. The first-order valence-corrected chi connectivity index (χ1v) is 4.00. The summed E-state index contributed by atoms with van der Waals surface area (Å²) in [5, 5.41) is 0. The Bertz CT molecular complexity index is 286. The Labute approximate surface area is 76.3 Å². The van der Waals surface area contributed by atoms with Gasteiger partial charge in [0.15, 0.2) is 0 Å². The summed E-state index contributed by atoms with van der Waals surface area (Å²) in [5.74, 6) is -0.274. The molecule has 3 heteroatoms. The van der Waals surface area contributed by atoms with Crippen LogP contribution in [0.2, 0.25) is 0 Å². The first kappa shape index (κ1) is 9.71. The number of hydrogen-bond acceptors (Lipinski definition) is 2. The molecule has 0 N–H and O–H groups in total. The van der Waals surface area contributed by atoms with Gasteiger partial charge in [0, 0.05) is 6.42 Å². The Morgan fingerprint density at radius 3 is 2.85 bits per heavy atom. The Kier molecular flexibility index (Phi) is 3.43. The number of halogens is 1. The second-order valence-corrected chi connectivity index (χ2v) is 2.81. The molecule has 1 rings (SSSR count). The minimum Gasteiger partial charge on any atom is -0.454 e. The van der Waals surface area contributed by atoms with Crippen molar-refractivity contribution in [1.29, 1.82) is 0 Å². The first-order valence-electron chi connectivity index (χ1n) is 4.00. The molecule has 13 heavy (non-hydrogen) atoms. The molecule has 1 unspecified atom stereocenters. The van der Waals surface area contributed by atoms with E-state index in [4.69, 9.17) is 0 Å². The Morgan fingerprint density at radius 2 is 2.23 bits per heavy atom. The van der Waals surface area contributed by atoms with E-state index in [2.05, 4.69) is 4.74 Å². The highest BCUT2D eigenvalue weighted by Gasteiger charge is 2.07. The maximum atomic E-state index is 13.0. The molecule has 1 atom stereocenters. The molecule has 0 amide bonds. The topological polar surface area (TPSA) is 26.3 Å². The SMILES string of the molecule is CC(Cc1ccccc1F)O[C]=O.